The van der Waals surface area contributed by atoms with Gasteiger partial charge in [-0.2, -0.15) is 0 Å². The van der Waals surface area contributed by atoms with E-state index in [0.717, 1.165) is 30.3 Å². The molecule has 1 fully saturated rings. The van der Waals surface area contributed by atoms with Gasteiger partial charge in [0.15, 0.2) is 0 Å². The Morgan fingerprint density at radius 1 is 1.47 bits per heavy atom. The smallest absolute Gasteiger partial charge is 0.132 e. The van der Waals surface area contributed by atoms with Gasteiger partial charge in [0.25, 0.3) is 0 Å². The maximum absolute atomic E-state index is 5.87. The van der Waals surface area contributed by atoms with Crippen molar-refractivity contribution < 1.29 is 0 Å². The van der Waals surface area contributed by atoms with Crippen LogP contribution in [0.25, 0.3) is 0 Å². The van der Waals surface area contributed by atoms with Gasteiger partial charge in [-0.05, 0) is 26.4 Å². The molecule has 0 aromatic carbocycles. The van der Waals surface area contributed by atoms with Crippen LogP contribution in [0.2, 0.25) is 0 Å². The molecule has 96 valence electrons. The second-order valence-corrected chi connectivity index (χ2v) is 5.52. The van der Waals surface area contributed by atoms with E-state index in [1.54, 1.807) is 0 Å². The number of hydrogen-bond acceptors (Lipinski definition) is 6. The van der Waals surface area contributed by atoms with Crippen LogP contribution in [0.5, 0.6) is 0 Å². The summed E-state index contributed by atoms with van der Waals surface area (Å²) in [6.07, 6.45) is 2.38. The lowest BCUT2D eigenvalue weighted by Gasteiger charge is -2.29. The SMILES string of the molecule is CCC1CN(C)CCCN1Cc1nnsc1N. The molecular formula is C11H21N5S. The molecule has 1 atom stereocenters. The van der Waals surface area contributed by atoms with Crippen LogP contribution < -0.4 is 5.73 Å². The number of aromatic nitrogens is 2. The fourth-order valence-electron chi connectivity index (χ4n) is 2.41. The van der Waals surface area contributed by atoms with E-state index in [0.29, 0.717) is 6.04 Å². The molecule has 0 spiro atoms. The molecule has 0 amide bonds. The van der Waals surface area contributed by atoms with Gasteiger partial charge in [-0.15, -0.1) is 5.10 Å². The van der Waals surface area contributed by atoms with E-state index in [1.165, 1.54) is 30.9 Å². The van der Waals surface area contributed by atoms with Gasteiger partial charge in [0.1, 0.15) is 10.7 Å². The van der Waals surface area contributed by atoms with Gasteiger partial charge in [-0.1, -0.05) is 11.4 Å². The monoisotopic (exact) mass is 255 g/mol. The van der Waals surface area contributed by atoms with Crippen LogP contribution >= 0.6 is 11.5 Å². The lowest BCUT2D eigenvalue weighted by Crippen LogP contribution is -2.39. The van der Waals surface area contributed by atoms with Gasteiger partial charge in [-0.3, -0.25) is 4.90 Å². The summed E-state index contributed by atoms with van der Waals surface area (Å²) in [5.41, 5.74) is 6.81. The second kappa shape index (κ2) is 5.75. The van der Waals surface area contributed by atoms with Crippen molar-refractivity contribution in [1.82, 2.24) is 19.4 Å². The van der Waals surface area contributed by atoms with Crippen molar-refractivity contribution in [2.75, 3.05) is 32.4 Å². The minimum Gasteiger partial charge on any atom is -0.388 e. The van der Waals surface area contributed by atoms with Crippen molar-refractivity contribution in [2.45, 2.75) is 32.4 Å². The summed E-state index contributed by atoms with van der Waals surface area (Å²) in [7, 11) is 2.20. The van der Waals surface area contributed by atoms with E-state index < -0.39 is 0 Å². The second-order valence-electron chi connectivity index (χ2n) is 4.73. The Labute approximate surface area is 107 Å². The number of likely N-dealkylation sites (N-methyl/N-ethyl adjacent to an activating group) is 1. The Morgan fingerprint density at radius 2 is 2.29 bits per heavy atom. The van der Waals surface area contributed by atoms with Crippen molar-refractivity contribution in [3.05, 3.63) is 5.69 Å². The molecule has 1 aromatic heterocycles. The van der Waals surface area contributed by atoms with Gasteiger partial charge in [0.2, 0.25) is 0 Å². The first kappa shape index (κ1) is 12.7. The van der Waals surface area contributed by atoms with E-state index in [1.807, 2.05) is 0 Å². The van der Waals surface area contributed by atoms with Crippen LogP contribution in [0, 0.1) is 0 Å². The van der Waals surface area contributed by atoms with Crippen molar-refractivity contribution in [3.63, 3.8) is 0 Å². The molecule has 1 aromatic rings. The molecule has 1 saturated heterocycles. The van der Waals surface area contributed by atoms with Crippen molar-refractivity contribution in [1.29, 1.82) is 0 Å². The van der Waals surface area contributed by atoms with Crippen molar-refractivity contribution >= 4 is 16.5 Å². The zero-order valence-electron chi connectivity index (χ0n) is 10.6. The summed E-state index contributed by atoms with van der Waals surface area (Å²) >= 11 is 1.29. The van der Waals surface area contributed by atoms with Crippen LogP contribution in [0.4, 0.5) is 5.00 Å². The number of nitrogens with two attached hydrogens (primary N) is 1. The average Bonchev–Trinajstić information content (AvgIpc) is 2.61. The number of anilines is 1. The number of hydrogen-bond donors (Lipinski definition) is 1. The number of nitrogen functional groups attached to an aromatic ring is 1. The molecule has 2 rings (SSSR count). The fraction of sp³-hybridized carbons (Fsp3) is 0.818. The van der Waals surface area contributed by atoms with Crippen LogP contribution in [-0.2, 0) is 6.54 Å². The minimum absolute atomic E-state index is 0.601. The molecule has 2 N–H and O–H groups in total. The van der Waals surface area contributed by atoms with E-state index in [9.17, 15) is 0 Å². The number of nitrogens with zero attached hydrogens (tertiary/aromatic N) is 4. The Kier molecular flexibility index (Phi) is 4.31. The molecule has 0 saturated carbocycles. The maximum Gasteiger partial charge on any atom is 0.132 e. The third kappa shape index (κ3) is 3.14. The zero-order chi connectivity index (χ0) is 12.3. The predicted molar refractivity (Wildman–Crippen MR) is 70.9 cm³/mol. The molecule has 2 heterocycles. The highest BCUT2D eigenvalue weighted by atomic mass is 32.1. The molecule has 6 heteroatoms. The van der Waals surface area contributed by atoms with Crippen LogP contribution in [0.15, 0.2) is 0 Å². The Balaban J connectivity index is 2.04. The fourth-order valence-corrected chi connectivity index (χ4v) is 2.84. The summed E-state index contributed by atoms with van der Waals surface area (Å²) in [5, 5.41) is 4.88. The standard InChI is InChI=1S/C11H21N5S/c1-3-9-7-15(2)5-4-6-16(9)8-10-11(12)17-14-13-10/h9H,3-8,12H2,1-2H3. The van der Waals surface area contributed by atoms with Gasteiger partial charge >= 0.3 is 0 Å². The Hall–Kier alpha value is -0.720. The molecular weight excluding hydrogens is 234 g/mol. The minimum atomic E-state index is 0.601. The normalized spacial score (nSPS) is 23.8. The highest BCUT2D eigenvalue weighted by molar-refractivity contribution is 7.09. The van der Waals surface area contributed by atoms with Crippen LogP contribution in [-0.4, -0.2) is 52.1 Å². The zero-order valence-corrected chi connectivity index (χ0v) is 11.4. The molecule has 0 bridgehead atoms. The lowest BCUT2D eigenvalue weighted by molar-refractivity contribution is 0.174. The lowest BCUT2D eigenvalue weighted by atomic mass is 10.2. The van der Waals surface area contributed by atoms with E-state index >= 15 is 0 Å². The highest BCUT2D eigenvalue weighted by Gasteiger charge is 2.23. The first-order valence-electron chi connectivity index (χ1n) is 6.20. The first-order valence-corrected chi connectivity index (χ1v) is 6.97. The number of rotatable bonds is 3. The van der Waals surface area contributed by atoms with Gasteiger partial charge in [0.05, 0.1) is 0 Å². The quantitative estimate of drug-likeness (QED) is 0.874. The van der Waals surface area contributed by atoms with Crippen LogP contribution in [0.3, 0.4) is 0 Å². The molecule has 0 aliphatic carbocycles. The van der Waals surface area contributed by atoms with E-state index in [-0.39, 0.29) is 0 Å². The molecule has 1 unspecified atom stereocenters. The topological polar surface area (TPSA) is 58.3 Å². The third-order valence-electron chi connectivity index (χ3n) is 3.43. The summed E-state index contributed by atoms with van der Waals surface area (Å²) in [4.78, 5) is 4.91. The first-order chi connectivity index (χ1) is 8.20. The molecule has 0 radical (unpaired) electrons. The predicted octanol–water partition coefficient (Wildman–Crippen LogP) is 1.04. The van der Waals surface area contributed by atoms with Gasteiger partial charge in [0, 0.05) is 37.2 Å². The van der Waals surface area contributed by atoms with Crippen LogP contribution in [0.1, 0.15) is 25.5 Å². The van der Waals surface area contributed by atoms with E-state index in [2.05, 4.69) is 33.4 Å². The third-order valence-corrected chi connectivity index (χ3v) is 4.03. The highest BCUT2D eigenvalue weighted by Crippen LogP contribution is 2.19. The summed E-state index contributed by atoms with van der Waals surface area (Å²) < 4.78 is 3.91. The summed E-state index contributed by atoms with van der Waals surface area (Å²) in [5.74, 6) is 0. The maximum atomic E-state index is 5.87. The Morgan fingerprint density at radius 3 is 2.94 bits per heavy atom. The van der Waals surface area contributed by atoms with Crippen molar-refractivity contribution in [3.8, 4) is 0 Å². The molecule has 5 nitrogen and oxygen atoms in total. The van der Waals surface area contributed by atoms with Gasteiger partial charge in [-0.25, -0.2) is 0 Å². The molecule has 17 heavy (non-hydrogen) atoms. The summed E-state index contributed by atoms with van der Waals surface area (Å²) in [6, 6.07) is 0.601. The van der Waals surface area contributed by atoms with Gasteiger partial charge < -0.3 is 10.6 Å². The Bertz CT molecular complexity index is 353. The van der Waals surface area contributed by atoms with Crippen molar-refractivity contribution in [2.24, 2.45) is 0 Å². The molecule has 1 aliphatic rings. The van der Waals surface area contributed by atoms with E-state index in [4.69, 9.17) is 5.73 Å². The largest absolute Gasteiger partial charge is 0.388 e. The summed E-state index contributed by atoms with van der Waals surface area (Å²) in [6.45, 7) is 6.53. The average molecular weight is 255 g/mol. The molecule has 1 aliphatic heterocycles.